The highest BCUT2D eigenvalue weighted by Crippen LogP contribution is 2.20. The van der Waals surface area contributed by atoms with Gasteiger partial charge in [-0.2, -0.15) is 0 Å². The lowest BCUT2D eigenvalue weighted by atomic mass is 10.2. The first-order valence-electron chi connectivity index (χ1n) is 7.58. The van der Waals surface area contributed by atoms with Crippen LogP contribution in [0.2, 0.25) is 0 Å². The predicted molar refractivity (Wildman–Crippen MR) is 83.7 cm³/mol. The van der Waals surface area contributed by atoms with Gasteiger partial charge in [-0.25, -0.2) is 9.18 Å². The van der Waals surface area contributed by atoms with Crippen LogP contribution in [0, 0.1) is 5.82 Å². The fourth-order valence-electron chi connectivity index (χ4n) is 2.30. The number of imide groups is 1. The predicted octanol–water partition coefficient (Wildman–Crippen LogP) is 2.63. The molecule has 0 N–H and O–H groups in total. The summed E-state index contributed by atoms with van der Waals surface area (Å²) in [7, 11) is 0. The quantitative estimate of drug-likeness (QED) is 0.781. The fourth-order valence-corrected chi connectivity index (χ4v) is 2.30. The van der Waals surface area contributed by atoms with Gasteiger partial charge in [0.15, 0.2) is 0 Å². The summed E-state index contributed by atoms with van der Waals surface area (Å²) in [5, 5.41) is 0.414. The molecule has 25 heavy (non-hydrogen) atoms. The second kappa shape index (κ2) is 7.12. The van der Waals surface area contributed by atoms with Gasteiger partial charge in [0.05, 0.1) is 5.56 Å². The van der Waals surface area contributed by atoms with Gasteiger partial charge < -0.3 is 9.57 Å². The molecule has 1 heterocycles. The van der Waals surface area contributed by atoms with Gasteiger partial charge in [-0.1, -0.05) is 30.3 Å². The Labute approximate surface area is 142 Å². The maximum atomic E-state index is 13.7. The van der Waals surface area contributed by atoms with Crippen molar-refractivity contribution in [3.63, 3.8) is 0 Å². The smallest absolute Gasteiger partial charge is 0.364 e. The van der Waals surface area contributed by atoms with E-state index in [1.165, 1.54) is 6.07 Å². The number of benzene rings is 2. The molecule has 6 nitrogen and oxygen atoms in total. The van der Waals surface area contributed by atoms with Crippen molar-refractivity contribution in [3.8, 4) is 5.75 Å². The molecule has 0 aromatic heterocycles. The molecule has 0 unspecified atom stereocenters. The number of hydrogen-bond donors (Lipinski definition) is 0. The van der Waals surface area contributed by atoms with Crippen molar-refractivity contribution < 1.29 is 28.3 Å². The van der Waals surface area contributed by atoms with Crippen molar-refractivity contribution in [3.05, 3.63) is 65.5 Å². The largest absolute Gasteiger partial charge is 0.489 e. The zero-order chi connectivity index (χ0) is 17.8. The van der Waals surface area contributed by atoms with E-state index < -0.39 is 23.6 Å². The standard InChI is InChI=1S/C18H14FNO5/c19-14-8-13(18(23)25-20-16(21)6-7-17(20)22)9-15(10-14)24-11-12-4-2-1-3-5-12/h1-5,8-10H,6-7,11H2. The molecular formula is C18H14FNO5. The van der Waals surface area contributed by atoms with Gasteiger partial charge in [0.1, 0.15) is 18.2 Å². The summed E-state index contributed by atoms with van der Waals surface area (Å²) in [4.78, 5) is 39.8. The van der Waals surface area contributed by atoms with Gasteiger partial charge in [-0.05, 0) is 17.7 Å². The first-order chi connectivity index (χ1) is 12.0. The minimum absolute atomic E-state index is 0.0132. The second-order valence-electron chi connectivity index (χ2n) is 5.41. The molecule has 0 bridgehead atoms. The summed E-state index contributed by atoms with van der Waals surface area (Å²) in [5.74, 6) is -2.77. The number of hydrogen-bond acceptors (Lipinski definition) is 5. The first kappa shape index (κ1) is 16.6. The van der Waals surface area contributed by atoms with Gasteiger partial charge in [-0.3, -0.25) is 9.59 Å². The van der Waals surface area contributed by atoms with Crippen LogP contribution < -0.4 is 4.74 Å². The SMILES string of the molecule is O=C(ON1C(=O)CCC1=O)c1cc(F)cc(OCc2ccccc2)c1. The van der Waals surface area contributed by atoms with Crippen LogP contribution in [0.25, 0.3) is 0 Å². The number of halogens is 1. The minimum atomic E-state index is -1.01. The van der Waals surface area contributed by atoms with Crippen LogP contribution >= 0.6 is 0 Å². The number of rotatable bonds is 5. The molecule has 128 valence electrons. The molecule has 1 aliphatic rings. The molecule has 0 aliphatic carbocycles. The number of carbonyl (C=O) groups excluding carboxylic acids is 3. The third kappa shape index (κ3) is 4.00. The molecule has 0 atom stereocenters. The summed E-state index contributed by atoms with van der Waals surface area (Å²) in [6.07, 6.45) is -0.0264. The van der Waals surface area contributed by atoms with Crippen molar-refractivity contribution >= 4 is 17.8 Å². The normalized spacial score (nSPS) is 13.9. The summed E-state index contributed by atoms with van der Waals surface area (Å²) >= 11 is 0. The molecule has 0 radical (unpaired) electrons. The Morgan fingerprint density at radius 1 is 1.04 bits per heavy atom. The van der Waals surface area contributed by atoms with E-state index in [0.717, 1.165) is 17.7 Å². The minimum Gasteiger partial charge on any atom is -0.489 e. The highest BCUT2D eigenvalue weighted by molar-refractivity contribution is 6.02. The number of nitrogens with zero attached hydrogens (tertiary/aromatic N) is 1. The molecule has 3 rings (SSSR count). The lowest BCUT2D eigenvalue weighted by Gasteiger charge is -2.13. The monoisotopic (exact) mass is 343 g/mol. The Morgan fingerprint density at radius 2 is 1.72 bits per heavy atom. The molecule has 7 heteroatoms. The van der Waals surface area contributed by atoms with E-state index in [9.17, 15) is 18.8 Å². The van der Waals surface area contributed by atoms with Gasteiger partial charge in [0.25, 0.3) is 11.8 Å². The Bertz CT molecular complexity index is 805. The van der Waals surface area contributed by atoms with Crippen LogP contribution in [0.4, 0.5) is 4.39 Å². The molecule has 2 aromatic carbocycles. The van der Waals surface area contributed by atoms with Crippen LogP contribution in [0.15, 0.2) is 48.5 Å². The zero-order valence-electron chi connectivity index (χ0n) is 13.1. The molecule has 0 saturated carbocycles. The van der Waals surface area contributed by atoms with Gasteiger partial charge in [-0.15, -0.1) is 5.06 Å². The fraction of sp³-hybridized carbons (Fsp3) is 0.167. The summed E-state index contributed by atoms with van der Waals surface area (Å²) < 4.78 is 19.2. The highest BCUT2D eigenvalue weighted by atomic mass is 19.1. The number of carbonyl (C=O) groups is 3. The molecule has 0 spiro atoms. The number of amides is 2. The summed E-state index contributed by atoms with van der Waals surface area (Å²) in [6.45, 7) is 0.196. The van der Waals surface area contributed by atoms with Crippen LogP contribution in [-0.4, -0.2) is 22.8 Å². The Kier molecular flexibility index (Phi) is 4.74. The van der Waals surface area contributed by atoms with Gasteiger partial charge >= 0.3 is 5.97 Å². The van der Waals surface area contributed by atoms with Crippen LogP contribution in [0.3, 0.4) is 0 Å². The van der Waals surface area contributed by atoms with Gasteiger partial charge in [0, 0.05) is 18.9 Å². The third-order valence-corrected chi connectivity index (χ3v) is 3.54. The van der Waals surface area contributed by atoms with Crippen molar-refractivity contribution in [2.45, 2.75) is 19.4 Å². The molecule has 2 amide bonds. The molecule has 1 saturated heterocycles. The summed E-state index contributed by atoms with van der Waals surface area (Å²) in [5.41, 5.74) is 0.722. The molecule has 2 aromatic rings. The average molecular weight is 343 g/mol. The maximum Gasteiger partial charge on any atom is 0.364 e. The van der Waals surface area contributed by atoms with Crippen molar-refractivity contribution in [1.82, 2.24) is 5.06 Å². The Balaban J connectivity index is 1.71. The van der Waals surface area contributed by atoms with Crippen LogP contribution in [0.5, 0.6) is 5.75 Å². The lowest BCUT2D eigenvalue weighted by molar-refractivity contribution is -0.172. The van der Waals surface area contributed by atoms with E-state index in [2.05, 4.69) is 0 Å². The maximum absolute atomic E-state index is 13.7. The molecule has 1 aliphatic heterocycles. The first-order valence-corrected chi connectivity index (χ1v) is 7.58. The lowest BCUT2D eigenvalue weighted by Crippen LogP contribution is -2.32. The van der Waals surface area contributed by atoms with E-state index in [1.807, 2.05) is 30.3 Å². The Hall–Kier alpha value is -3.22. The van der Waals surface area contributed by atoms with Crippen LogP contribution in [-0.2, 0) is 21.0 Å². The molecular weight excluding hydrogens is 329 g/mol. The van der Waals surface area contributed by atoms with Crippen molar-refractivity contribution in [2.24, 2.45) is 0 Å². The third-order valence-electron chi connectivity index (χ3n) is 3.54. The second-order valence-corrected chi connectivity index (χ2v) is 5.41. The highest BCUT2D eigenvalue weighted by Gasteiger charge is 2.33. The van der Waals surface area contributed by atoms with E-state index in [-0.39, 0.29) is 30.8 Å². The summed E-state index contributed by atoms with van der Waals surface area (Å²) in [6, 6.07) is 12.6. The topological polar surface area (TPSA) is 72.9 Å². The van der Waals surface area contributed by atoms with E-state index >= 15 is 0 Å². The number of hydroxylamine groups is 2. The molecule has 1 fully saturated rings. The van der Waals surface area contributed by atoms with Crippen molar-refractivity contribution in [2.75, 3.05) is 0 Å². The van der Waals surface area contributed by atoms with E-state index in [1.54, 1.807) is 0 Å². The van der Waals surface area contributed by atoms with Crippen molar-refractivity contribution in [1.29, 1.82) is 0 Å². The Morgan fingerprint density at radius 3 is 2.40 bits per heavy atom. The van der Waals surface area contributed by atoms with Crippen LogP contribution in [0.1, 0.15) is 28.8 Å². The van der Waals surface area contributed by atoms with E-state index in [4.69, 9.17) is 9.57 Å². The number of ether oxygens (including phenoxy) is 1. The van der Waals surface area contributed by atoms with E-state index in [0.29, 0.717) is 5.06 Å². The average Bonchev–Trinajstić information content (AvgIpc) is 2.92. The zero-order valence-corrected chi connectivity index (χ0v) is 13.1. The van der Waals surface area contributed by atoms with Gasteiger partial charge in [0.2, 0.25) is 0 Å².